The summed E-state index contributed by atoms with van der Waals surface area (Å²) in [7, 11) is 1.40. The number of H-pyrrole nitrogens is 1. The topological polar surface area (TPSA) is 104 Å². The van der Waals surface area contributed by atoms with Crippen LogP contribution in [0.1, 0.15) is 6.42 Å². The van der Waals surface area contributed by atoms with Crippen LogP contribution in [-0.4, -0.2) is 27.6 Å². The molecule has 1 rings (SSSR count). The largest absolute Gasteiger partial charge is 0.492 e. The van der Waals surface area contributed by atoms with Crippen LogP contribution in [0.3, 0.4) is 0 Å². The average molecular weight is 231 g/mol. The Kier molecular flexibility index (Phi) is 3.44. The first kappa shape index (κ1) is 12.0. The Hall–Kier alpha value is -2.12. The Morgan fingerprint density at radius 1 is 1.56 bits per heavy atom. The highest BCUT2D eigenvalue weighted by Gasteiger charge is 2.13. The number of rotatable bonds is 3. The molecule has 0 atom stereocenters. The van der Waals surface area contributed by atoms with Crippen molar-refractivity contribution in [3.8, 4) is 5.88 Å². The lowest BCUT2D eigenvalue weighted by atomic mass is 10.4. The van der Waals surface area contributed by atoms with Gasteiger partial charge in [0.05, 0.1) is 0 Å². The van der Waals surface area contributed by atoms with E-state index in [-0.39, 0.29) is 18.9 Å². The zero-order chi connectivity index (χ0) is 12.3. The Bertz CT molecular complexity index is 519. The molecule has 0 saturated carbocycles. The smallest absolute Gasteiger partial charge is 0.331 e. The van der Waals surface area contributed by atoms with Gasteiger partial charge in [0, 0.05) is 20.0 Å². The van der Waals surface area contributed by atoms with Crippen molar-refractivity contribution in [1.82, 2.24) is 14.9 Å². The summed E-state index contributed by atoms with van der Waals surface area (Å²) < 4.78 is 13.5. The second-order valence-corrected chi connectivity index (χ2v) is 2.97. The van der Waals surface area contributed by atoms with Gasteiger partial charge in [-0.25, -0.2) is 4.79 Å². The van der Waals surface area contributed by atoms with Crippen molar-refractivity contribution in [2.24, 2.45) is 0 Å². The summed E-state index contributed by atoms with van der Waals surface area (Å²) in [6, 6.07) is 0. The van der Waals surface area contributed by atoms with Crippen LogP contribution in [0.2, 0.25) is 0 Å². The summed E-state index contributed by atoms with van der Waals surface area (Å²) >= 11 is 0. The molecule has 0 bridgehead atoms. The Morgan fingerprint density at radius 3 is 2.75 bits per heavy atom. The fourth-order valence-electron chi connectivity index (χ4n) is 1.08. The van der Waals surface area contributed by atoms with E-state index in [1.807, 2.05) is 0 Å². The number of hydrogen-bond acceptors (Lipinski definition) is 4. The maximum atomic E-state index is 12.9. The number of aromatic hydroxyl groups is 1. The molecule has 1 amide bonds. The zero-order valence-electron chi connectivity index (χ0n) is 8.41. The number of halogens is 1. The van der Waals surface area contributed by atoms with Gasteiger partial charge in [-0.3, -0.25) is 19.1 Å². The van der Waals surface area contributed by atoms with Crippen molar-refractivity contribution >= 4 is 5.91 Å². The molecule has 0 aliphatic carbocycles. The highest BCUT2D eigenvalue weighted by molar-refractivity contribution is 5.75. The molecule has 0 fully saturated rings. The summed E-state index contributed by atoms with van der Waals surface area (Å²) in [6.07, 6.45) is -0.116. The van der Waals surface area contributed by atoms with Crippen LogP contribution in [-0.2, 0) is 11.3 Å². The lowest BCUT2D eigenvalue weighted by Crippen LogP contribution is -2.33. The van der Waals surface area contributed by atoms with Crippen molar-refractivity contribution in [1.29, 1.82) is 0 Å². The van der Waals surface area contributed by atoms with Crippen LogP contribution in [0.4, 0.5) is 4.39 Å². The van der Waals surface area contributed by atoms with Crippen LogP contribution >= 0.6 is 0 Å². The number of aromatic nitrogens is 2. The Labute approximate surface area is 88.5 Å². The number of carbonyl (C=O) groups excluding carboxylic acids is 1. The second-order valence-electron chi connectivity index (χ2n) is 2.97. The monoisotopic (exact) mass is 231 g/mol. The third-order valence-electron chi connectivity index (χ3n) is 1.96. The number of nitrogens with one attached hydrogen (secondary N) is 2. The summed E-state index contributed by atoms with van der Waals surface area (Å²) in [5.41, 5.74) is -2.26. The minimum Gasteiger partial charge on any atom is -0.492 e. The van der Waals surface area contributed by atoms with Gasteiger partial charge >= 0.3 is 5.69 Å². The van der Waals surface area contributed by atoms with E-state index in [9.17, 15) is 23.9 Å². The normalized spacial score (nSPS) is 10.1. The SMILES string of the molecule is CNC(=O)CCn1c(O)c(F)c(=O)[nH]c1=O. The van der Waals surface area contributed by atoms with Crippen molar-refractivity contribution in [3.63, 3.8) is 0 Å². The van der Waals surface area contributed by atoms with E-state index in [1.165, 1.54) is 7.05 Å². The fourth-order valence-corrected chi connectivity index (χ4v) is 1.08. The molecule has 16 heavy (non-hydrogen) atoms. The number of hydrogen-bond donors (Lipinski definition) is 3. The molecule has 3 N–H and O–H groups in total. The molecular weight excluding hydrogens is 221 g/mol. The lowest BCUT2D eigenvalue weighted by Gasteiger charge is -2.06. The van der Waals surface area contributed by atoms with E-state index in [1.54, 1.807) is 4.98 Å². The standard InChI is InChI=1S/C8H10FN3O4/c1-10-4(13)2-3-12-7(15)5(9)6(14)11-8(12)16/h15H,2-3H2,1H3,(H,10,13)(H,11,14,16). The van der Waals surface area contributed by atoms with Gasteiger partial charge in [0.15, 0.2) is 0 Å². The van der Waals surface area contributed by atoms with Gasteiger partial charge in [0.2, 0.25) is 17.6 Å². The molecule has 7 nitrogen and oxygen atoms in total. The molecule has 0 aliphatic heterocycles. The predicted molar refractivity (Wildman–Crippen MR) is 51.6 cm³/mol. The molecule has 0 aliphatic rings. The average Bonchev–Trinajstić information content (AvgIpc) is 2.25. The minimum atomic E-state index is -1.45. The van der Waals surface area contributed by atoms with Crippen LogP contribution in [0.25, 0.3) is 0 Å². The van der Waals surface area contributed by atoms with Crippen molar-refractivity contribution in [3.05, 3.63) is 26.7 Å². The first-order valence-electron chi connectivity index (χ1n) is 4.39. The molecule has 0 saturated heterocycles. The van der Waals surface area contributed by atoms with E-state index in [4.69, 9.17) is 0 Å². The van der Waals surface area contributed by atoms with Crippen molar-refractivity contribution < 1.29 is 14.3 Å². The van der Waals surface area contributed by atoms with Crippen LogP contribution in [0.5, 0.6) is 5.88 Å². The molecule has 1 aromatic rings. The third-order valence-corrected chi connectivity index (χ3v) is 1.96. The summed E-state index contributed by atoms with van der Waals surface area (Å²) in [4.78, 5) is 34.4. The van der Waals surface area contributed by atoms with Gasteiger partial charge < -0.3 is 10.4 Å². The van der Waals surface area contributed by atoms with Crippen LogP contribution in [0, 0.1) is 5.82 Å². The van der Waals surface area contributed by atoms with Crippen LogP contribution < -0.4 is 16.6 Å². The molecule has 1 aromatic heterocycles. The maximum Gasteiger partial charge on any atom is 0.331 e. The fraction of sp³-hybridized carbons (Fsp3) is 0.375. The number of amides is 1. The van der Waals surface area contributed by atoms with Crippen molar-refractivity contribution in [2.75, 3.05) is 7.05 Å². The van der Waals surface area contributed by atoms with Gasteiger partial charge in [-0.1, -0.05) is 0 Å². The number of aromatic amines is 1. The predicted octanol–water partition coefficient (Wildman–Crippen LogP) is -1.48. The first-order chi connectivity index (χ1) is 7.47. The molecule has 0 radical (unpaired) electrons. The molecule has 1 heterocycles. The van der Waals surface area contributed by atoms with Crippen molar-refractivity contribution in [2.45, 2.75) is 13.0 Å². The highest BCUT2D eigenvalue weighted by atomic mass is 19.1. The highest BCUT2D eigenvalue weighted by Crippen LogP contribution is 2.07. The van der Waals surface area contributed by atoms with E-state index in [0.29, 0.717) is 4.57 Å². The summed E-state index contributed by atoms with van der Waals surface area (Å²) in [5, 5.41) is 11.5. The van der Waals surface area contributed by atoms with E-state index in [2.05, 4.69) is 5.32 Å². The van der Waals surface area contributed by atoms with Gasteiger partial charge in [-0.15, -0.1) is 0 Å². The van der Waals surface area contributed by atoms with Gasteiger partial charge in [0.1, 0.15) is 0 Å². The summed E-state index contributed by atoms with van der Waals surface area (Å²) in [6.45, 7) is -0.224. The number of carbonyl (C=O) groups is 1. The zero-order valence-corrected chi connectivity index (χ0v) is 8.41. The van der Waals surface area contributed by atoms with Gasteiger partial charge in [-0.05, 0) is 0 Å². The molecule has 0 spiro atoms. The molecule has 8 heteroatoms. The van der Waals surface area contributed by atoms with Gasteiger partial charge in [0.25, 0.3) is 5.56 Å². The lowest BCUT2D eigenvalue weighted by molar-refractivity contribution is -0.120. The second kappa shape index (κ2) is 4.60. The molecule has 0 aromatic carbocycles. The van der Waals surface area contributed by atoms with E-state index >= 15 is 0 Å². The first-order valence-corrected chi connectivity index (χ1v) is 4.39. The molecular formula is C8H10FN3O4. The van der Waals surface area contributed by atoms with E-state index < -0.39 is 22.9 Å². The number of nitrogens with zero attached hydrogens (tertiary/aromatic N) is 1. The Morgan fingerprint density at radius 2 is 2.19 bits per heavy atom. The maximum absolute atomic E-state index is 12.9. The minimum absolute atomic E-state index is 0.116. The van der Waals surface area contributed by atoms with Crippen LogP contribution in [0.15, 0.2) is 9.59 Å². The molecule has 88 valence electrons. The quantitative estimate of drug-likeness (QED) is 0.590. The third kappa shape index (κ3) is 2.27. The van der Waals surface area contributed by atoms with E-state index in [0.717, 1.165) is 0 Å². The van der Waals surface area contributed by atoms with Gasteiger partial charge in [-0.2, -0.15) is 4.39 Å². The Balaban J connectivity index is 3.06. The summed E-state index contributed by atoms with van der Waals surface area (Å²) in [5.74, 6) is -2.90. The molecule has 0 unspecified atom stereocenters.